The normalized spacial score (nSPS) is 53.5. The zero-order valence-corrected chi connectivity index (χ0v) is 11.6. The minimum Gasteiger partial charge on any atom is -0.305 e. The first kappa shape index (κ1) is 10.9. The molecule has 92 valence electrons. The van der Waals surface area contributed by atoms with E-state index in [0.29, 0.717) is 11.8 Å². The zero-order valence-electron chi connectivity index (χ0n) is 9.94. The first-order chi connectivity index (χ1) is 8.07. The molecule has 4 rings (SSSR count). The molecule has 0 aromatic rings. The van der Waals surface area contributed by atoms with Crippen LogP contribution in [0.4, 0.5) is 0 Å². The van der Waals surface area contributed by atoms with E-state index in [-0.39, 0.29) is 10.3 Å². The highest BCUT2D eigenvalue weighted by Gasteiger charge is 2.63. The highest BCUT2D eigenvalue weighted by molar-refractivity contribution is 7.91. The molecule has 4 bridgehead atoms. The van der Waals surface area contributed by atoms with Crippen molar-refractivity contribution < 1.29 is 4.57 Å². The molecule has 2 fully saturated rings. The summed E-state index contributed by atoms with van der Waals surface area (Å²) in [5, 5.41) is -0.300. The van der Waals surface area contributed by atoms with Crippen LogP contribution in [-0.2, 0) is 4.57 Å². The molecule has 4 aliphatic rings. The Morgan fingerprint density at radius 2 is 1.47 bits per heavy atom. The van der Waals surface area contributed by atoms with E-state index in [1.807, 2.05) is 0 Å². The monoisotopic (exact) mass is 268 g/mol. The third kappa shape index (κ3) is 1.16. The molecule has 0 N–H and O–H groups in total. The van der Waals surface area contributed by atoms with Crippen LogP contribution >= 0.6 is 17.7 Å². The van der Waals surface area contributed by atoms with Crippen LogP contribution in [0.3, 0.4) is 0 Å². The highest BCUT2D eigenvalue weighted by Crippen LogP contribution is 2.82. The summed E-state index contributed by atoms with van der Waals surface area (Å²) in [6.45, 7) is -2.67. The topological polar surface area (TPSA) is 17.1 Å². The number of hydrogen-bond donors (Lipinski definition) is 0. The number of allylic oxidation sites excluding steroid dienone is 4. The Morgan fingerprint density at radius 3 is 1.71 bits per heavy atom. The van der Waals surface area contributed by atoms with Gasteiger partial charge in [-0.15, -0.1) is 0 Å². The van der Waals surface area contributed by atoms with Crippen molar-refractivity contribution in [2.75, 3.05) is 0 Å². The summed E-state index contributed by atoms with van der Waals surface area (Å²) in [6.07, 6.45) is 15.5. The van der Waals surface area contributed by atoms with E-state index in [4.69, 9.17) is 11.2 Å². The predicted octanol–water partition coefficient (Wildman–Crippen LogP) is 4.72. The van der Waals surface area contributed by atoms with Gasteiger partial charge >= 0.3 is 0 Å². The Kier molecular flexibility index (Phi) is 1.99. The lowest BCUT2D eigenvalue weighted by Gasteiger charge is -2.40. The molecule has 4 unspecified atom stereocenters. The Labute approximate surface area is 107 Å². The van der Waals surface area contributed by atoms with Crippen LogP contribution in [0.1, 0.15) is 38.5 Å². The van der Waals surface area contributed by atoms with Gasteiger partial charge in [0.2, 0.25) is 0 Å². The van der Waals surface area contributed by atoms with E-state index in [0.717, 1.165) is 25.7 Å². The summed E-state index contributed by atoms with van der Waals surface area (Å²) in [7, 11) is 0. The van der Waals surface area contributed by atoms with Gasteiger partial charge in [0.25, 0.3) is 0 Å². The van der Waals surface area contributed by atoms with Crippen molar-refractivity contribution in [2.45, 2.75) is 48.8 Å². The molecular formula is C14H18ClOP. The van der Waals surface area contributed by atoms with Crippen LogP contribution in [-0.4, -0.2) is 10.3 Å². The predicted molar refractivity (Wildman–Crippen MR) is 71.9 cm³/mol. The first-order valence-electron chi connectivity index (χ1n) is 6.76. The smallest absolute Gasteiger partial charge is 0.188 e. The standard InChI is InChI=1S/C14H18ClOP/c15-17(16,13-5-1-11(9-13)2-6-13)14-7-3-12(10-14)4-8-14/h1,3,5,7,11-12H,2,4,6,8-10H2. The molecule has 3 heteroatoms. The third-order valence-corrected chi connectivity index (χ3v) is 11.1. The van der Waals surface area contributed by atoms with E-state index in [2.05, 4.69) is 24.3 Å². The maximum absolute atomic E-state index is 13.4. The molecule has 0 heterocycles. The second-order valence-corrected chi connectivity index (χ2v) is 10.7. The fourth-order valence-electron chi connectivity index (χ4n) is 4.61. The zero-order chi connectivity index (χ0) is 11.7. The van der Waals surface area contributed by atoms with Gasteiger partial charge in [0, 0.05) is 0 Å². The van der Waals surface area contributed by atoms with Crippen LogP contribution in [0.2, 0.25) is 0 Å². The average Bonchev–Trinajstić information content (AvgIpc) is 3.09. The Balaban J connectivity index is 1.80. The molecule has 0 aromatic carbocycles. The maximum Gasteiger partial charge on any atom is 0.188 e. The molecule has 4 atom stereocenters. The molecule has 0 aromatic heterocycles. The number of fused-ring (bicyclic) bond motifs is 4. The second kappa shape index (κ2) is 3.11. The average molecular weight is 269 g/mol. The third-order valence-electron chi connectivity index (χ3n) is 5.63. The maximum atomic E-state index is 13.4. The van der Waals surface area contributed by atoms with Crippen molar-refractivity contribution in [1.82, 2.24) is 0 Å². The van der Waals surface area contributed by atoms with Gasteiger partial charge in [-0.1, -0.05) is 35.5 Å². The van der Waals surface area contributed by atoms with Crippen LogP contribution in [0.25, 0.3) is 0 Å². The fraction of sp³-hybridized carbons (Fsp3) is 0.714. The number of hydrogen-bond acceptors (Lipinski definition) is 1. The van der Waals surface area contributed by atoms with Gasteiger partial charge in [0.05, 0.1) is 10.3 Å². The fourth-order valence-corrected chi connectivity index (χ4v) is 9.08. The van der Waals surface area contributed by atoms with Crippen LogP contribution in [0.15, 0.2) is 24.3 Å². The van der Waals surface area contributed by atoms with Gasteiger partial charge in [-0.3, -0.25) is 0 Å². The summed E-state index contributed by atoms with van der Waals surface area (Å²) < 4.78 is 13.4. The lowest BCUT2D eigenvalue weighted by atomic mass is 10.1. The van der Waals surface area contributed by atoms with Crippen molar-refractivity contribution in [2.24, 2.45) is 11.8 Å². The van der Waals surface area contributed by atoms with Crippen LogP contribution in [0.5, 0.6) is 0 Å². The summed E-state index contributed by atoms with van der Waals surface area (Å²) in [4.78, 5) is 0. The Morgan fingerprint density at radius 1 is 1.00 bits per heavy atom. The van der Waals surface area contributed by atoms with E-state index in [1.165, 1.54) is 12.8 Å². The van der Waals surface area contributed by atoms with Gasteiger partial charge in [0.15, 0.2) is 6.49 Å². The van der Waals surface area contributed by atoms with Crippen molar-refractivity contribution in [3.8, 4) is 0 Å². The van der Waals surface area contributed by atoms with Crippen molar-refractivity contribution in [1.29, 1.82) is 0 Å². The quantitative estimate of drug-likeness (QED) is 0.523. The molecule has 0 amide bonds. The Bertz CT molecular complexity index is 443. The lowest BCUT2D eigenvalue weighted by Crippen LogP contribution is -2.31. The lowest BCUT2D eigenvalue weighted by molar-refractivity contribution is 0.527. The van der Waals surface area contributed by atoms with Gasteiger partial charge in [-0.2, -0.15) is 0 Å². The SMILES string of the molecule is O=P(Cl)(C12C=CC(CC1)C2)C12C=CC(CC1)C2. The van der Waals surface area contributed by atoms with Crippen LogP contribution in [0, 0.1) is 11.8 Å². The summed E-state index contributed by atoms with van der Waals surface area (Å²) in [5.74, 6) is 1.31. The molecule has 0 saturated heterocycles. The Hall–Kier alpha value is 0. The van der Waals surface area contributed by atoms with Crippen molar-refractivity contribution in [3.05, 3.63) is 24.3 Å². The van der Waals surface area contributed by atoms with Gasteiger partial charge in [-0.25, -0.2) is 0 Å². The van der Waals surface area contributed by atoms with Gasteiger partial charge < -0.3 is 4.57 Å². The molecule has 0 aliphatic heterocycles. The minimum atomic E-state index is -2.67. The molecule has 1 nitrogen and oxygen atoms in total. The highest BCUT2D eigenvalue weighted by atomic mass is 35.7. The van der Waals surface area contributed by atoms with Gasteiger partial charge in [-0.05, 0) is 50.4 Å². The molecule has 0 spiro atoms. The van der Waals surface area contributed by atoms with Crippen molar-refractivity contribution in [3.63, 3.8) is 0 Å². The first-order valence-corrected chi connectivity index (χ1v) is 9.37. The summed E-state index contributed by atoms with van der Waals surface area (Å²) >= 11 is 6.77. The van der Waals surface area contributed by atoms with E-state index < -0.39 is 6.49 Å². The van der Waals surface area contributed by atoms with Crippen LogP contribution < -0.4 is 0 Å². The molecule has 2 saturated carbocycles. The molecule has 4 aliphatic carbocycles. The minimum absolute atomic E-state index is 0.150. The molecule has 17 heavy (non-hydrogen) atoms. The number of halogens is 1. The second-order valence-electron chi connectivity index (χ2n) is 6.46. The molecular weight excluding hydrogens is 251 g/mol. The van der Waals surface area contributed by atoms with Gasteiger partial charge in [0.1, 0.15) is 0 Å². The van der Waals surface area contributed by atoms with E-state index in [9.17, 15) is 4.57 Å². The van der Waals surface area contributed by atoms with E-state index in [1.54, 1.807) is 0 Å². The summed E-state index contributed by atoms with van der Waals surface area (Å²) in [5.41, 5.74) is 0. The largest absolute Gasteiger partial charge is 0.305 e. The van der Waals surface area contributed by atoms with E-state index >= 15 is 0 Å². The summed E-state index contributed by atoms with van der Waals surface area (Å²) in [6, 6.07) is 0. The number of rotatable bonds is 2. The van der Waals surface area contributed by atoms with Crippen molar-refractivity contribution >= 4 is 17.7 Å². The molecule has 0 radical (unpaired) electrons.